The Kier molecular flexibility index (Phi) is 10.5. The fourth-order valence-corrected chi connectivity index (χ4v) is 4.50. The topological polar surface area (TPSA) is 201 Å². The van der Waals surface area contributed by atoms with Crippen molar-refractivity contribution < 1.29 is 73.0 Å². The van der Waals surface area contributed by atoms with Crippen LogP contribution in [0.2, 0.25) is 0 Å². The van der Waals surface area contributed by atoms with Crippen LogP contribution in [0.15, 0.2) is 36.4 Å². The first-order valence-electron chi connectivity index (χ1n) is 13.2. The quantitative estimate of drug-likeness (QED) is 0.187. The van der Waals surface area contributed by atoms with Gasteiger partial charge in [0.05, 0.1) is 47.2 Å². The maximum atomic E-state index is 12.6. The van der Waals surface area contributed by atoms with E-state index in [0.29, 0.717) is 17.2 Å². The first kappa shape index (κ1) is 32.5. The zero-order valence-electron chi connectivity index (χ0n) is 23.9. The molecule has 2 aliphatic rings. The van der Waals surface area contributed by atoms with Crippen molar-refractivity contribution in [2.24, 2.45) is 0 Å². The number of ether oxygens (including phenoxy) is 9. The van der Waals surface area contributed by atoms with Gasteiger partial charge in [0.25, 0.3) is 0 Å². The molecule has 4 rings (SSSR count). The maximum absolute atomic E-state index is 12.6. The number of hydrogen-bond acceptors (Lipinski definition) is 15. The minimum absolute atomic E-state index is 0.121. The minimum atomic E-state index is -2.02. The van der Waals surface area contributed by atoms with Crippen LogP contribution in [0, 0.1) is 0 Å². The maximum Gasteiger partial charge on any atom is 0.338 e. The van der Waals surface area contributed by atoms with Crippen molar-refractivity contribution in [3.05, 3.63) is 42.0 Å². The average Bonchev–Trinajstić information content (AvgIpc) is 3.31. The van der Waals surface area contributed by atoms with Gasteiger partial charge in [-0.3, -0.25) is 0 Å². The van der Waals surface area contributed by atoms with E-state index in [9.17, 15) is 30.3 Å². The van der Waals surface area contributed by atoms with E-state index in [0.717, 1.165) is 0 Å². The molecule has 2 heterocycles. The van der Waals surface area contributed by atoms with Crippen molar-refractivity contribution in [1.82, 2.24) is 0 Å². The van der Waals surface area contributed by atoms with Crippen molar-refractivity contribution in [2.45, 2.75) is 48.7 Å². The largest absolute Gasteiger partial charge is 0.497 e. The highest BCUT2D eigenvalue weighted by Gasteiger charge is 2.51. The Bertz CT molecular complexity index is 1240. The van der Waals surface area contributed by atoms with Crippen LogP contribution in [-0.2, 0) is 18.9 Å². The van der Waals surface area contributed by atoms with Gasteiger partial charge in [-0.1, -0.05) is 0 Å². The molecule has 2 aliphatic heterocycles. The molecule has 0 saturated carbocycles. The van der Waals surface area contributed by atoms with Gasteiger partial charge in [0.2, 0.25) is 6.29 Å². The Balaban J connectivity index is 1.34. The monoisotopic (exact) mass is 612 g/mol. The summed E-state index contributed by atoms with van der Waals surface area (Å²) in [6.45, 7) is -1.53. The summed E-state index contributed by atoms with van der Waals surface area (Å²) in [6.07, 6.45) is -10.7. The zero-order valence-corrected chi connectivity index (χ0v) is 23.9. The molecule has 0 radical (unpaired) electrons. The molecular formula is C28H36O15. The number of methoxy groups -OCH3 is 4. The second-order valence-corrected chi connectivity index (χ2v) is 9.86. The molecule has 2 fully saturated rings. The standard InChI is InChI=1S/C28H36O15/c1-35-15-6-8-17(19(10-15)38-4)42-26-23(31)22(30)21(29)20(43-26)11-39-27-24(32)28(34,13-41-27)12-40-25(33)14-5-7-16(36-2)18(9-14)37-3/h5-10,20-24,26-27,29-32,34H,11-13H2,1-4H3. The number of benzene rings is 2. The number of hydrogen-bond donors (Lipinski definition) is 5. The molecule has 15 heteroatoms. The highest BCUT2D eigenvalue weighted by atomic mass is 16.7. The van der Waals surface area contributed by atoms with Gasteiger partial charge in [0.1, 0.15) is 42.9 Å². The van der Waals surface area contributed by atoms with Crippen LogP contribution in [0.1, 0.15) is 10.4 Å². The molecule has 0 amide bonds. The van der Waals surface area contributed by atoms with Crippen LogP contribution in [-0.4, -0.2) is 128 Å². The summed E-state index contributed by atoms with van der Waals surface area (Å²) in [5, 5.41) is 53.0. The molecule has 8 atom stereocenters. The van der Waals surface area contributed by atoms with Crippen LogP contribution in [0.25, 0.3) is 0 Å². The van der Waals surface area contributed by atoms with E-state index in [1.54, 1.807) is 12.1 Å². The molecule has 238 valence electrons. The number of aliphatic hydroxyl groups is 5. The predicted octanol–water partition coefficient (Wildman–Crippen LogP) is -0.771. The number of carbonyl (C=O) groups excluding carboxylic acids is 1. The van der Waals surface area contributed by atoms with E-state index >= 15 is 0 Å². The highest BCUT2D eigenvalue weighted by Crippen LogP contribution is 2.35. The second-order valence-electron chi connectivity index (χ2n) is 9.86. The van der Waals surface area contributed by atoms with Crippen LogP contribution in [0.4, 0.5) is 0 Å². The highest BCUT2D eigenvalue weighted by molar-refractivity contribution is 5.90. The molecule has 0 spiro atoms. The first-order chi connectivity index (χ1) is 20.5. The number of carbonyl (C=O) groups is 1. The molecule has 5 N–H and O–H groups in total. The third-order valence-corrected chi connectivity index (χ3v) is 7.09. The Morgan fingerprint density at radius 3 is 2.19 bits per heavy atom. The van der Waals surface area contributed by atoms with Crippen LogP contribution < -0.4 is 23.7 Å². The lowest BCUT2D eigenvalue weighted by Gasteiger charge is -2.40. The summed E-state index contributed by atoms with van der Waals surface area (Å²) in [5.41, 5.74) is -1.90. The van der Waals surface area contributed by atoms with E-state index in [1.165, 1.54) is 52.7 Å². The van der Waals surface area contributed by atoms with E-state index in [2.05, 4.69) is 0 Å². The number of aliphatic hydroxyl groups excluding tert-OH is 4. The third-order valence-electron chi connectivity index (χ3n) is 7.09. The first-order valence-corrected chi connectivity index (χ1v) is 13.2. The van der Waals surface area contributed by atoms with Gasteiger partial charge in [-0.2, -0.15) is 0 Å². The molecule has 15 nitrogen and oxygen atoms in total. The lowest BCUT2D eigenvalue weighted by Crippen LogP contribution is -2.60. The normalized spacial score (nSPS) is 30.4. The summed E-state index contributed by atoms with van der Waals surface area (Å²) >= 11 is 0. The minimum Gasteiger partial charge on any atom is -0.497 e. The SMILES string of the molecule is COc1ccc(OC2OC(COC3OCC(O)(COC(=O)c4ccc(OC)c(OC)c4)C3O)C(O)C(O)C2O)c(OC)c1. The van der Waals surface area contributed by atoms with Gasteiger partial charge in [0, 0.05) is 6.07 Å². The van der Waals surface area contributed by atoms with E-state index in [1.807, 2.05) is 0 Å². The van der Waals surface area contributed by atoms with Crippen molar-refractivity contribution in [3.8, 4) is 28.7 Å². The lowest BCUT2D eigenvalue weighted by molar-refractivity contribution is -0.289. The van der Waals surface area contributed by atoms with Gasteiger partial charge in [-0.05, 0) is 30.3 Å². The predicted molar refractivity (Wildman–Crippen MR) is 143 cm³/mol. The molecule has 0 bridgehead atoms. The van der Waals surface area contributed by atoms with Gasteiger partial charge in [0.15, 0.2) is 34.9 Å². The fraction of sp³-hybridized carbons (Fsp3) is 0.536. The van der Waals surface area contributed by atoms with E-state index in [4.69, 9.17) is 42.6 Å². The Morgan fingerprint density at radius 2 is 1.51 bits per heavy atom. The van der Waals surface area contributed by atoms with Crippen molar-refractivity contribution >= 4 is 5.97 Å². The van der Waals surface area contributed by atoms with E-state index < -0.39 is 74.5 Å². The summed E-state index contributed by atoms with van der Waals surface area (Å²) in [5.74, 6) is 0.826. The molecule has 2 aromatic carbocycles. The molecule has 43 heavy (non-hydrogen) atoms. The molecule has 0 aromatic heterocycles. The van der Waals surface area contributed by atoms with Gasteiger partial charge in [-0.15, -0.1) is 0 Å². The third kappa shape index (κ3) is 7.05. The molecular weight excluding hydrogens is 576 g/mol. The summed E-state index contributed by atoms with van der Waals surface area (Å²) in [6, 6.07) is 9.01. The summed E-state index contributed by atoms with van der Waals surface area (Å²) in [7, 11) is 5.74. The number of rotatable bonds is 12. The molecule has 8 unspecified atom stereocenters. The van der Waals surface area contributed by atoms with Crippen molar-refractivity contribution in [2.75, 3.05) is 48.3 Å². The smallest absolute Gasteiger partial charge is 0.338 e. The van der Waals surface area contributed by atoms with Crippen molar-refractivity contribution in [1.29, 1.82) is 0 Å². The molecule has 2 saturated heterocycles. The summed E-state index contributed by atoms with van der Waals surface area (Å²) < 4.78 is 48.3. The average molecular weight is 613 g/mol. The van der Waals surface area contributed by atoms with Crippen LogP contribution in [0.5, 0.6) is 28.7 Å². The number of esters is 1. The van der Waals surface area contributed by atoms with Crippen LogP contribution in [0.3, 0.4) is 0 Å². The molecule has 0 aliphatic carbocycles. The summed E-state index contributed by atoms with van der Waals surface area (Å²) in [4.78, 5) is 12.6. The zero-order chi connectivity index (χ0) is 31.3. The Hall–Kier alpha value is -3.41. The van der Waals surface area contributed by atoms with Gasteiger partial charge in [-0.25, -0.2) is 4.79 Å². The Morgan fingerprint density at radius 1 is 0.837 bits per heavy atom. The van der Waals surface area contributed by atoms with Crippen LogP contribution >= 0.6 is 0 Å². The van der Waals surface area contributed by atoms with Gasteiger partial charge >= 0.3 is 5.97 Å². The Labute approximate surface area is 246 Å². The fourth-order valence-electron chi connectivity index (χ4n) is 4.50. The lowest BCUT2D eigenvalue weighted by atomic mass is 9.99. The second kappa shape index (κ2) is 13.9. The van der Waals surface area contributed by atoms with Crippen molar-refractivity contribution in [3.63, 3.8) is 0 Å². The van der Waals surface area contributed by atoms with Gasteiger partial charge < -0.3 is 68.2 Å². The van der Waals surface area contributed by atoms with E-state index in [-0.39, 0.29) is 17.1 Å². The molecule has 2 aromatic rings.